The van der Waals surface area contributed by atoms with Gasteiger partial charge in [-0.25, -0.2) is 0 Å². The molecule has 2 aromatic rings. The molecule has 39 heavy (non-hydrogen) atoms. The van der Waals surface area contributed by atoms with Crippen molar-refractivity contribution in [3.63, 3.8) is 0 Å². The van der Waals surface area contributed by atoms with E-state index >= 15 is 0 Å². The third-order valence-corrected chi connectivity index (χ3v) is 8.37. The maximum Gasteiger partial charge on any atom is 0.251 e. The van der Waals surface area contributed by atoms with E-state index in [-0.39, 0.29) is 29.9 Å². The number of benzene rings is 1. The highest BCUT2D eigenvalue weighted by molar-refractivity contribution is 5.97. The van der Waals surface area contributed by atoms with Gasteiger partial charge in [-0.15, -0.1) is 0 Å². The van der Waals surface area contributed by atoms with E-state index in [9.17, 15) is 9.59 Å². The molecule has 212 valence electrons. The number of H-pyrrole nitrogens is 1. The summed E-state index contributed by atoms with van der Waals surface area (Å²) in [6, 6.07) is 4.31. The van der Waals surface area contributed by atoms with Gasteiger partial charge in [-0.1, -0.05) is 0 Å². The van der Waals surface area contributed by atoms with E-state index in [0.717, 1.165) is 60.4 Å². The summed E-state index contributed by atoms with van der Waals surface area (Å²) in [6.45, 7) is 13.1. The highest BCUT2D eigenvalue weighted by Crippen LogP contribution is 2.39. The number of anilines is 1. The van der Waals surface area contributed by atoms with Crippen LogP contribution < -0.4 is 21.3 Å². The Morgan fingerprint density at radius 1 is 1.15 bits per heavy atom. The molecule has 0 bridgehead atoms. The smallest absolute Gasteiger partial charge is 0.251 e. The van der Waals surface area contributed by atoms with Gasteiger partial charge in [-0.2, -0.15) is 0 Å². The molecular weight excluding hydrogens is 496 g/mol. The van der Waals surface area contributed by atoms with E-state index in [1.54, 1.807) is 6.07 Å². The molecule has 1 unspecified atom stereocenters. The van der Waals surface area contributed by atoms with Gasteiger partial charge in [0.2, 0.25) is 5.91 Å². The largest absolute Gasteiger partial charge is 0.490 e. The Labute approximate surface area is 230 Å². The lowest BCUT2D eigenvalue weighted by atomic mass is 9.86. The summed E-state index contributed by atoms with van der Waals surface area (Å²) in [6.07, 6.45) is 3.51. The number of pyridine rings is 1. The molecule has 2 saturated heterocycles. The van der Waals surface area contributed by atoms with Crippen LogP contribution in [0.15, 0.2) is 16.9 Å². The molecule has 9 heteroatoms. The van der Waals surface area contributed by atoms with Gasteiger partial charge in [-0.3, -0.25) is 14.5 Å². The fourth-order valence-corrected chi connectivity index (χ4v) is 6.30. The van der Waals surface area contributed by atoms with Crippen LogP contribution >= 0.6 is 0 Å². The minimum absolute atomic E-state index is 0.0192. The van der Waals surface area contributed by atoms with Crippen molar-refractivity contribution in [1.82, 2.24) is 9.88 Å². The summed E-state index contributed by atoms with van der Waals surface area (Å²) in [4.78, 5) is 31.0. The molecule has 3 heterocycles. The Balaban J connectivity index is 1.48. The summed E-state index contributed by atoms with van der Waals surface area (Å²) in [5.74, 6) is 0.115. The number of amides is 1. The van der Waals surface area contributed by atoms with Gasteiger partial charge in [-0.05, 0) is 64.3 Å². The molecule has 1 aromatic heterocycles. The predicted molar refractivity (Wildman–Crippen MR) is 151 cm³/mol. The van der Waals surface area contributed by atoms with E-state index in [1.807, 2.05) is 26.8 Å². The second-order valence-corrected chi connectivity index (χ2v) is 11.7. The Kier molecular flexibility index (Phi) is 8.03. The van der Waals surface area contributed by atoms with Crippen LogP contribution in [0.1, 0.15) is 71.4 Å². The van der Waals surface area contributed by atoms with Crippen molar-refractivity contribution in [3.8, 4) is 5.75 Å². The highest BCUT2D eigenvalue weighted by atomic mass is 16.5. The van der Waals surface area contributed by atoms with Crippen LogP contribution in [0.2, 0.25) is 0 Å². The van der Waals surface area contributed by atoms with Gasteiger partial charge in [0.05, 0.1) is 24.9 Å². The molecule has 3 fully saturated rings. The van der Waals surface area contributed by atoms with Crippen molar-refractivity contribution < 1.29 is 19.0 Å². The van der Waals surface area contributed by atoms with E-state index < -0.39 is 5.91 Å². The monoisotopic (exact) mass is 538 g/mol. The van der Waals surface area contributed by atoms with Crippen LogP contribution in [0.4, 0.5) is 5.69 Å². The van der Waals surface area contributed by atoms with Crippen molar-refractivity contribution in [2.75, 3.05) is 31.6 Å². The number of primary amides is 1. The summed E-state index contributed by atoms with van der Waals surface area (Å²) in [5, 5.41) is 3.62. The van der Waals surface area contributed by atoms with E-state index in [0.29, 0.717) is 42.6 Å². The highest BCUT2D eigenvalue weighted by Gasteiger charge is 2.39. The molecule has 9 nitrogen and oxygen atoms in total. The molecule has 1 saturated carbocycles. The fourth-order valence-electron chi connectivity index (χ4n) is 6.30. The number of ether oxygens (including phenoxy) is 3. The number of nitrogens with zero attached hydrogens (tertiary/aromatic N) is 1. The number of nitrogens with one attached hydrogen (secondary N) is 2. The SMILES string of the molecule is Cc1cc(C)c(Cc2c(O[C@H]3C[C@H](N4C[C@@H](C)O[C@@H](C)C4)C3)cc(C(N)=O)c(C)c2NC2CCOC2)c(=O)[nH]1. The number of morpholine rings is 1. The molecule has 5 rings (SSSR count). The third kappa shape index (κ3) is 6.00. The molecule has 4 N–H and O–H groups in total. The van der Waals surface area contributed by atoms with Crippen molar-refractivity contribution in [3.05, 3.63) is 56.0 Å². The van der Waals surface area contributed by atoms with Crippen LogP contribution in [0.3, 0.4) is 0 Å². The third-order valence-electron chi connectivity index (χ3n) is 8.37. The average Bonchev–Trinajstić information content (AvgIpc) is 3.33. The van der Waals surface area contributed by atoms with Crippen LogP contribution in [-0.2, 0) is 15.9 Å². The molecule has 0 radical (unpaired) electrons. The number of aryl methyl sites for hydroxylation is 2. The zero-order chi connectivity index (χ0) is 27.8. The maximum absolute atomic E-state index is 13.0. The van der Waals surface area contributed by atoms with E-state index in [2.05, 4.69) is 29.0 Å². The Morgan fingerprint density at radius 2 is 1.87 bits per heavy atom. The van der Waals surface area contributed by atoms with Crippen LogP contribution in [0.25, 0.3) is 0 Å². The normalized spacial score (nSPS) is 27.3. The Morgan fingerprint density at radius 3 is 2.49 bits per heavy atom. The van der Waals surface area contributed by atoms with Crippen molar-refractivity contribution >= 4 is 11.6 Å². The summed E-state index contributed by atoms with van der Waals surface area (Å²) in [5.41, 5.74) is 11.0. The van der Waals surface area contributed by atoms with Crippen molar-refractivity contribution in [2.45, 2.75) is 90.7 Å². The van der Waals surface area contributed by atoms with E-state index in [1.165, 1.54) is 0 Å². The summed E-state index contributed by atoms with van der Waals surface area (Å²) in [7, 11) is 0. The first-order chi connectivity index (χ1) is 18.6. The summed E-state index contributed by atoms with van der Waals surface area (Å²) < 4.78 is 18.2. The van der Waals surface area contributed by atoms with Crippen LogP contribution in [0, 0.1) is 20.8 Å². The van der Waals surface area contributed by atoms with Gasteiger partial charge in [0.25, 0.3) is 5.56 Å². The lowest BCUT2D eigenvalue weighted by Crippen LogP contribution is -2.56. The van der Waals surface area contributed by atoms with Crippen LogP contribution in [-0.4, -0.2) is 72.5 Å². The molecule has 1 amide bonds. The average molecular weight is 539 g/mol. The number of hydrogen-bond donors (Lipinski definition) is 3. The lowest BCUT2D eigenvalue weighted by Gasteiger charge is -2.47. The maximum atomic E-state index is 13.0. The second kappa shape index (κ2) is 11.3. The predicted octanol–water partition coefficient (Wildman–Crippen LogP) is 3.21. The molecule has 1 aromatic carbocycles. The lowest BCUT2D eigenvalue weighted by molar-refractivity contribution is -0.103. The first-order valence-electron chi connectivity index (χ1n) is 14.1. The Hall–Kier alpha value is -2.88. The molecule has 3 atom stereocenters. The number of aromatic amines is 1. The molecule has 3 aliphatic rings. The van der Waals surface area contributed by atoms with Gasteiger partial charge >= 0.3 is 0 Å². The molecule has 1 aliphatic carbocycles. The van der Waals surface area contributed by atoms with E-state index in [4.69, 9.17) is 19.9 Å². The molecule has 0 spiro atoms. The topological polar surface area (TPSA) is 119 Å². The fraction of sp³-hybridized carbons (Fsp3) is 0.600. The molecular formula is C30H42N4O5. The summed E-state index contributed by atoms with van der Waals surface area (Å²) >= 11 is 0. The van der Waals surface area contributed by atoms with Crippen molar-refractivity contribution in [1.29, 1.82) is 0 Å². The standard InChI is InChI=1S/C30H42N4O5/c1-16-8-17(2)32-30(36)24(16)11-26-27(39-23-9-22(10-23)34-13-18(3)38-19(4)14-34)12-25(29(31)35)20(5)28(26)33-21-6-7-37-15-21/h8,12,18-19,21-23,33H,6-7,9-11,13-15H2,1-5H3,(H2,31,35)(H,32,36)/t18-,19+,21?,22-,23-. The number of carbonyl (C=O) groups is 1. The number of carbonyl (C=O) groups excluding carboxylic acids is 1. The van der Waals surface area contributed by atoms with Crippen molar-refractivity contribution in [2.24, 2.45) is 5.73 Å². The minimum Gasteiger partial charge on any atom is -0.490 e. The van der Waals surface area contributed by atoms with Gasteiger partial charge in [0.1, 0.15) is 11.9 Å². The Bertz CT molecular complexity index is 1270. The number of nitrogens with two attached hydrogens (primary N) is 1. The number of aromatic nitrogens is 1. The van der Waals surface area contributed by atoms with Gasteiger partial charge in [0.15, 0.2) is 0 Å². The number of rotatable bonds is 8. The zero-order valence-electron chi connectivity index (χ0n) is 23.8. The molecule has 2 aliphatic heterocycles. The van der Waals surface area contributed by atoms with Gasteiger partial charge in [0, 0.05) is 73.1 Å². The quantitative estimate of drug-likeness (QED) is 0.472. The van der Waals surface area contributed by atoms with Gasteiger partial charge < -0.3 is 30.2 Å². The first-order valence-corrected chi connectivity index (χ1v) is 14.1. The first kappa shape index (κ1) is 27.7. The van der Waals surface area contributed by atoms with Crippen LogP contribution in [0.5, 0.6) is 5.75 Å². The number of hydrogen-bond acceptors (Lipinski definition) is 7. The zero-order valence-corrected chi connectivity index (χ0v) is 23.8. The second-order valence-electron chi connectivity index (χ2n) is 11.7. The minimum atomic E-state index is -0.498.